The molecule has 0 unspecified atom stereocenters. The number of ether oxygens (including phenoxy) is 3. The van der Waals surface area contributed by atoms with Crippen molar-refractivity contribution in [1.29, 1.82) is 0 Å². The van der Waals surface area contributed by atoms with Crippen LogP contribution in [-0.4, -0.2) is 34.1 Å². The molecule has 0 radical (unpaired) electrons. The predicted molar refractivity (Wildman–Crippen MR) is 65.4 cm³/mol. The van der Waals surface area contributed by atoms with E-state index >= 15 is 0 Å². The first-order valence-corrected chi connectivity index (χ1v) is 6.25. The topological polar surface area (TPSA) is 88.8 Å². The summed E-state index contributed by atoms with van der Waals surface area (Å²) in [6.45, 7) is 1.74. The fourth-order valence-electron chi connectivity index (χ4n) is 2.50. The van der Waals surface area contributed by atoms with Gasteiger partial charge >= 0.3 is 11.8 Å². The molecule has 108 valence electrons. The van der Waals surface area contributed by atoms with Gasteiger partial charge in [0.05, 0.1) is 0 Å². The number of rotatable bonds is 1. The number of cyclic esters (lactones) is 1. The smallest absolute Gasteiger partial charge is 0.431 e. The van der Waals surface area contributed by atoms with E-state index in [0.717, 1.165) is 4.57 Å². The maximum atomic E-state index is 12.1. The van der Waals surface area contributed by atoms with Gasteiger partial charge in [0.25, 0.3) is 5.56 Å². The lowest BCUT2D eigenvalue weighted by Gasteiger charge is -2.23. The monoisotopic (exact) mass is 282 g/mol. The van der Waals surface area contributed by atoms with Crippen LogP contribution in [0.3, 0.4) is 0 Å². The Balaban J connectivity index is 1.94. The van der Waals surface area contributed by atoms with Gasteiger partial charge in [-0.25, -0.2) is 9.59 Å². The number of nitrogens with zero attached hydrogens (tertiary/aromatic N) is 2. The standard InChI is InChI=1S/C12H14N2O6/c1-6-4-14(11(16)13(2)10(6)15)9-3-7-8(19-9)5-18-12(17)20-7/h4,7-9H,3,5H2,1-2H3/t7-,8-,9-/m1/s1. The Bertz CT molecular complexity index is 676. The maximum absolute atomic E-state index is 12.1. The molecule has 20 heavy (non-hydrogen) atoms. The van der Waals surface area contributed by atoms with Gasteiger partial charge in [0.2, 0.25) is 0 Å². The number of carbonyl (C=O) groups is 1. The lowest BCUT2D eigenvalue weighted by Crippen LogP contribution is -2.40. The van der Waals surface area contributed by atoms with E-state index in [2.05, 4.69) is 0 Å². The van der Waals surface area contributed by atoms with Crippen LogP contribution in [0, 0.1) is 6.92 Å². The zero-order valence-corrected chi connectivity index (χ0v) is 11.1. The lowest BCUT2D eigenvalue weighted by atomic mass is 10.2. The molecule has 2 aliphatic rings. The van der Waals surface area contributed by atoms with Gasteiger partial charge in [-0.3, -0.25) is 13.9 Å². The molecule has 3 rings (SSSR count). The predicted octanol–water partition coefficient (Wildman–Crippen LogP) is -0.322. The third-order valence-corrected chi connectivity index (χ3v) is 3.59. The maximum Gasteiger partial charge on any atom is 0.508 e. The van der Waals surface area contributed by atoms with Crippen molar-refractivity contribution in [2.75, 3.05) is 6.61 Å². The molecule has 0 saturated carbocycles. The zero-order valence-electron chi connectivity index (χ0n) is 11.1. The fourth-order valence-corrected chi connectivity index (χ4v) is 2.50. The van der Waals surface area contributed by atoms with Crippen molar-refractivity contribution < 1.29 is 19.0 Å². The SMILES string of the molecule is Cc1cn([C@H]2C[C@H]3OC(=O)OC[C@H]3O2)c(=O)n(C)c1=O. The van der Waals surface area contributed by atoms with E-state index in [0.29, 0.717) is 12.0 Å². The minimum Gasteiger partial charge on any atom is -0.431 e. The number of fused-ring (bicyclic) bond motifs is 1. The quantitative estimate of drug-likeness (QED) is 0.656. The van der Waals surface area contributed by atoms with Gasteiger partial charge in [-0.2, -0.15) is 0 Å². The average molecular weight is 282 g/mol. The fraction of sp³-hybridized carbons (Fsp3) is 0.583. The Kier molecular flexibility index (Phi) is 2.89. The van der Waals surface area contributed by atoms with Gasteiger partial charge in [0.1, 0.15) is 25.0 Å². The molecular formula is C12H14N2O6. The summed E-state index contributed by atoms with van der Waals surface area (Å²) in [5, 5.41) is 0. The summed E-state index contributed by atoms with van der Waals surface area (Å²) in [6.07, 6.45) is -0.281. The number of aryl methyl sites for hydroxylation is 1. The highest BCUT2D eigenvalue weighted by atomic mass is 16.8. The second-order valence-corrected chi connectivity index (χ2v) is 4.95. The van der Waals surface area contributed by atoms with Gasteiger partial charge in [-0.1, -0.05) is 0 Å². The van der Waals surface area contributed by atoms with Crippen LogP contribution in [-0.2, 0) is 21.3 Å². The molecule has 3 heterocycles. The van der Waals surface area contributed by atoms with Gasteiger partial charge in [0, 0.05) is 25.2 Å². The van der Waals surface area contributed by atoms with E-state index in [1.165, 1.54) is 17.8 Å². The Morgan fingerprint density at radius 3 is 2.75 bits per heavy atom. The average Bonchev–Trinajstić information content (AvgIpc) is 2.83. The zero-order chi connectivity index (χ0) is 14.4. The van der Waals surface area contributed by atoms with E-state index in [4.69, 9.17) is 14.2 Å². The molecule has 0 amide bonds. The third kappa shape index (κ3) is 1.92. The summed E-state index contributed by atoms with van der Waals surface area (Å²) in [5.41, 5.74) is -0.355. The molecule has 0 bridgehead atoms. The molecule has 8 nitrogen and oxygen atoms in total. The Morgan fingerprint density at radius 2 is 2.00 bits per heavy atom. The van der Waals surface area contributed by atoms with Gasteiger partial charge in [-0.05, 0) is 6.92 Å². The van der Waals surface area contributed by atoms with Crippen molar-refractivity contribution in [3.05, 3.63) is 32.6 Å². The number of hydrogen-bond donors (Lipinski definition) is 0. The van der Waals surface area contributed by atoms with E-state index in [1.54, 1.807) is 6.92 Å². The van der Waals surface area contributed by atoms with E-state index in [1.807, 2.05) is 0 Å². The van der Waals surface area contributed by atoms with E-state index in [-0.39, 0.29) is 18.3 Å². The molecular weight excluding hydrogens is 268 g/mol. The summed E-state index contributed by atoms with van der Waals surface area (Å²) in [6, 6.07) is 0. The Labute approximate surface area is 113 Å². The van der Waals surface area contributed by atoms with Gasteiger partial charge in [-0.15, -0.1) is 0 Å². The molecule has 1 aromatic rings. The summed E-state index contributed by atoms with van der Waals surface area (Å²) >= 11 is 0. The normalized spacial score (nSPS) is 28.7. The minimum atomic E-state index is -0.723. The second kappa shape index (κ2) is 4.48. The van der Waals surface area contributed by atoms with Gasteiger partial charge in [0.15, 0.2) is 0 Å². The first-order chi connectivity index (χ1) is 9.47. The summed E-state index contributed by atoms with van der Waals surface area (Å²) in [4.78, 5) is 34.8. The van der Waals surface area contributed by atoms with Crippen LogP contribution in [0.1, 0.15) is 18.2 Å². The highest BCUT2D eigenvalue weighted by molar-refractivity contribution is 5.61. The summed E-state index contributed by atoms with van der Waals surface area (Å²) in [7, 11) is 1.42. The van der Waals surface area contributed by atoms with Crippen molar-refractivity contribution >= 4 is 6.16 Å². The van der Waals surface area contributed by atoms with Crippen molar-refractivity contribution in [3.8, 4) is 0 Å². The molecule has 0 aromatic carbocycles. The van der Waals surface area contributed by atoms with Crippen LogP contribution in [0.4, 0.5) is 4.79 Å². The largest absolute Gasteiger partial charge is 0.508 e. The molecule has 1 aromatic heterocycles. The molecule has 8 heteroatoms. The van der Waals surface area contributed by atoms with Crippen LogP contribution in [0.25, 0.3) is 0 Å². The van der Waals surface area contributed by atoms with Crippen LogP contribution in [0.15, 0.2) is 15.8 Å². The molecule has 2 aliphatic heterocycles. The number of carbonyl (C=O) groups excluding carboxylic acids is 1. The molecule has 0 N–H and O–H groups in total. The van der Waals surface area contributed by atoms with Crippen molar-refractivity contribution in [2.45, 2.75) is 31.8 Å². The second-order valence-electron chi connectivity index (χ2n) is 4.95. The van der Waals surface area contributed by atoms with E-state index < -0.39 is 24.2 Å². The van der Waals surface area contributed by atoms with Crippen LogP contribution >= 0.6 is 0 Å². The van der Waals surface area contributed by atoms with E-state index in [9.17, 15) is 14.4 Å². The highest BCUT2D eigenvalue weighted by Gasteiger charge is 2.43. The Hall–Kier alpha value is -2.09. The number of aromatic nitrogens is 2. The first-order valence-electron chi connectivity index (χ1n) is 6.25. The summed E-state index contributed by atoms with van der Waals surface area (Å²) in [5.74, 6) is 0. The molecule has 0 aliphatic carbocycles. The van der Waals surface area contributed by atoms with Crippen molar-refractivity contribution in [1.82, 2.24) is 9.13 Å². The Morgan fingerprint density at radius 1 is 1.25 bits per heavy atom. The van der Waals surface area contributed by atoms with Crippen molar-refractivity contribution in [2.24, 2.45) is 7.05 Å². The minimum absolute atomic E-state index is 0.111. The molecule has 3 atom stereocenters. The summed E-state index contributed by atoms with van der Waals surface area (Å²) < 4.78 is 17.8. The first kappa shape index (κ1) is 12.9. The van der Waals surface area contributed by atoms with Crippen LogP contribution in [0.5, 0.6) is 0 Å². The van der Waals surface area contributed by atoms with Crippen molar-refractivity contribution in [3.63, 3.8) is 0 Å². The van der Waals surface area contributed by atoms with Crippen LogP contribution < -0.4 is 11.2 Å². The molecule has 2 fully saturated rings. The van der Waals surface area contributed by atoms with Gasteiger partial charge < -0.3 is 14.2 Å². The highest BCUT2D eigenvalue weighted by Crippen LogP contribution is 2.32. The molecule has 2 saturated heterocycles. The third-order valence-electron chi connectivity index (χ3n) is 3.59. The molecule has 0 spiro atoms. The lowest BCUT2D eigenvalue weighted by molar-refractivity contribution is -0.0978. The van der Waals surface area contributed by atoms with Crippen LogP contribution in [0.2, 0.25) is 0 Å². The number of hydrogen-bond acceptors (Lipinski definition) is 6.